The van der Waals surface area contributed by atoms with E-state index < -0.39 is 33.7 Å². The Balaban J connectivity index is 0.00000225. The fourth-order valence-corrected chi connectivity index (χ4v) is 1.01. The van der Waals surface area contributed by atoms with Crippen molar-refractivity contribution in [2.24, 2.45) is 0 Å². The summed E-state index contributed by atoms with van der Waals surface area (Å²) in [4.78, 5) is 30.7. The number of carbonyl (C=O) groups is 2. The van der Waals surface area contributed by atoms with Crippen molar-refractivity contribution in [2.45, 2.75) is 0 Å². The van der Waals surface area contributed by atoms with Gasteiger partial charge in [-0.2, -0.15) is 0 Å². The zero-order chi connectivity index (χ0) is 11.6. The molecule has 1 aromatic carbocycles. The van der Waals surface area contributed by atoms with E-state index in [1.165, 1.54) is 0 Å². The van der Waals surface area contributed by atoms with Crippen molar-refractivity contribution < 1.29 is 47.1 Å². The van der Waals surface area contributed by atoms with Crippen LogP contribution < -0.4 is 0 Å². The summed E-state index contributed by atoms with van der Waals surface area (Å²) < 4.78 is 0. The van der Waals surface area contributed by atoms with Gasteiger partial charge in [-0.15, -0.1) is 0 Å². The van der Waals surface area contributed by atoms with Crippen LogP contribution in [0.3, 0.4) is 0 Å². The number of nitro benzene ring substituents is 1. The molecule has 1 rings (SSSR count). The van der Waals surface area contributed by atoms with Crippen LogP contribution in [0.1, 0.15) is 20.7 Å². The Kier molecular flexibility index (Phi) is 4.83. The Morgan fingerprint density at radius 2 is 1.62 bits per heavy atom. The molecule has 0 spiro atoms. The summed E-state index contributed by atoms with van der Waals surface area (Å²) in [6.07, 6.45) is 0. The first-order valence-corrected chi connectivity index (χ1v) is 3.68. The molecule has 0 aliphatic heterocycles. The van der Waals surface area contributed by atoms with Gasteiger partial charge in [0.05, 0.1) is 16.1 Å². The number of hydrogen-bond acceptors (Lipinski definition) is 4. The van der Waals surface area contributed by atoms with Gasteiger partial charge < -0.3 is 10.2 Å². The predicted octanol–water partition coefficient (Wildman–Crippen LogP) is 0.989. The number of hydrogen-bond donors (Lipinski definition) is 2. The Hall–Kier alpha value is -1.70. The molecular formula is C8H5AuNO6. The first-order valence-electron chi connectivity index (χ1n) is 3.68. The van der Waals surface area contributed by atoms with Gasteiger partial charge in [-0.3, -0.25) is 10.1 Å². The van der Waals surface area contributed by atoms with Crippen LogP contribution in [0.25, 0.3) is 0 Å². The minimum atomic E-state index is -1.52. The van der Waals surface area contributed by atoms with Crippen molar-refractivity contribution in [3.05, 3.63) is 39.4 Å². The second-order valence-corrected chi connectivity index (χ2v) is 2.60. The number of rotatable bonds is 3. The van der Waals surface area contributed by atoms with E-state index in [0.29, 0.717) is 6.07 Å². The number of carboxylic acids is 2. The van der Waals surface area contributed by atoms with Gasteiger partial charge in [-0.25, -0.2) is 9.59 Å². The molecule has 0 atom stereocenters. The molecule has 0 saturated carbocycles. The Labute approximate surface area is 104 Å². The van der Waals surface area contributed by atoms with E-state index in [4.69, 9.17) is 10.2 Å². The predicted molar refractivity (Wildman–Crippen MR) is 47.0 cm³/mol. The molecule has 1 radical (unpaired) electrons. The molecule has 0 aromatic heterocycles. The summed E-state index contributed by atoms with van der Waals surface area (Å²) in [5, 5.41) is 27.6. The molecule has 0 unspecified atom stereocenters. The number of nitro groups is 1. The van der Waals surface area contributed by atoms with Crippen molar-refractivity contribution in [3.8, 4) is 0 Å². The van der Waals surface area contributed by atoms with Crippen LogP contribution in [-0.2, 0) is 22.4 Å². The van der Waals surface area contributed by atoms with Gasteiger partial charge in [-0.1, -0.05) is 0 Å². The fraction of sp³-hybridized carbons (Fsp3) is 0. The van der Waals surface area contributed by atoms with Gasteiger partial charge in [0.2, 0.25) is 0 Å². The molecular weight excluding hydrogens is 403 g/mol. The third kappa shape index (κ3) is 2.89. The van der Waals surface area contributed by atoms with Crippen LogP contribution in [0, 0.1) is 10.1 Å². The minimum Gasteiger partial charge on any atom is -0.478 e. The summed E-state index contributed by atoms with van der Waals surface area (Å²) in [6, 6.07) is 2.55. The summed E-state index contributed by atoms with van der Waals surface area (Å²) >= 11 is 0. The van der Waals surface area contributed by atoms with Gasteiger partial charge in [-0.05, 0) is 6.07 Å². The second kappa shape index (κ2) is 5.40. The van der Waals surface area contributed by atoms with Crippen LogP contribution in [0.5, 0.6) is 0 Å². The van der Waals surface area contributed by atoms with Crippen molar-refractivity contribution in [2.75, 3.05) is 0 Å². The van der Waals surface area contributed by atoms with Crippen LogP contribution in [-0.4, -0.2) is 27.1 Å². The zero-order valence-corrected chi connectivity index (χ0v) is 9.67. The molecule has 7 nitrogen and oxygen atoms in total. The van der Waals surface area contributed by atoms with Gasteiger partial charge in [0.15, 0.2) is 0 Å². The molecule has 0 amide bonds. The number of aromatic carboxylic acids is 2. The molecule has 2 N–H and O–H groups in total. The standard InChI is InChI=1S/C8H5NO6.Au/c10-7(11)5-2-1-4(9(14)15)3-6(5)8(12)13;/h1-3H,(H,10,11)(H,12,13);. The molecule has 0 aliphatic carbocycles. The maximum atomic E-state index is 10.6. The van der Waals surface area contributed by atoms with Crippen molar-refractivity contribution in [1.82, 2.24) is 0 Å². The minimum absolute atomic E-state index is 0. The van der Waals surface area contributed by atoms with E-state index in [-0.39, 0.29) is 22.4 Å². The van der Waals surface area contributed by atoms with Crippen LogP contribution >= 0.6 is 0 Å². The van der Waals surface area contributed by atoms with Crippen molar-refractivity contribution >= 4 is 17.6 Å². The normalized spacial score (nSPS) is 9.00. The molecule has 0 fully saturated rings. The summed E-state index contributed by atoms with van der Waals surface area (Å²) in [5.74, 6) is -2.96. The average molecular weight is 408 g/mol. The fourth-order valence-electron chi connectivity index (χ4n) is 1.01. The maximum absolute atomic E-state index is 10.6. The Bertz CT molecular complexity index is 458. The largest absolute Gasteiger partial charge is 0.478 e. The molecule has 0 heterocycles. The maximum Gasteiger partial charge on any atom is 0.336 e. The average Bonchev–Trinajstić information content (AvgIpc) is 2.16. The summed E-state index contributed by atoms with van der Waals surface area (Å²) in [5.41, 5.74) is -1.54. The van der Waals surface area contributed by atoms with E-state index in [0.717, 1.165) is 12.1 Å². The van der Waals surface area contributed by atoms with E-state index in [1.54, 1.807) is 0 Å². The van der Waals surface area contributed by atoms with Crippen LogP contribution in [0.2, 0.25) is 0 Å². The second-order valence-electron chi connectivity index (χ2n) is 2.60. The molecule has 0 bridgehead atoms. The zero-order valence-electron chi connectivity index (χ0n) is 7.51. The van der Waals surface area contributed by atoms with Gasteiger partial charge in [0.25, 0.3) is 5.69 Å². The van der Waals surface area contributed by atoms with E-state index >= 15 is 0 Å². The number of benzene rings is 1. The molecule has 0 saturated heterocycles. The van der Waals surface area contributed by atoms with Gasteiger partial charge >= 0.3 is 11.9 Å². The molecule has 8 heteroatoms. The molecule has 89 valence electrons. The first-order chi connectivity index (χ1) is 6.93. The third-order valence-corrected chi connectivity index (χ3v) is 1.67. The summed E-state index contributed by atoms with van der Waals surface area (Å²) in [6.45, 7) is 0. The number of carboxylic acid groups (broad SMARTS) is 2. The first kappa shape index (κ1) is 14.3. The van der Waals surface area contributed by atoms with Gasteiger partial charge in [0, 0.05) is 34.5 Å². The SMILES string of the molecule is O=C(O)c1ccc([N+](=O)[O-])cc1C(=O)O.[Au]. The Morgan fingerprint density at radius 3 is 2.00 bits per heavy atom. The third-order valence-electron chi connectivity index (χ3n) is 1.67. The van der Waals surface area contributed by atoms with E-state index in [9.17, 15) is 19.7 Å². The Morgan fingerprint density at radius 1 is 1.12 bits per heavy atom. The topological polar surface area (TPSA) is 118 Å². The number of nitrogens with zero attached hydrogens (tertiary/aromatic N) is 1. The van der Waals surface area contributed by atoms with Crippen molar-refractivity contribution in [3.63, 3.8) is 0 Å². The van der Waals surface area contributed by atoms with E-state index in [1.807, 2.05) is 0 Å². The monoisotopic (exact) mass is 408 g/mol. The molecule has 16 heavy (non-hydrogen) atoms. The van der Waals surface area contributed by atoms with Crippen LogP contribution in [0.15, 0.2) is 18.2 Å². The van der Waals surface area contributed by atoms with E-state index in [2.05, 4.69) is 0 Å². The molecule has 1 aromatic rings. The number of non-ortho nitro benzene ring substituents is 1. The smallest absolute Gasteiger partial charge is 0.336 e. The quantitative estimate of drug-likeness (QED) is 0.438. The van der Waals surface area contributed by atoms with Crippen LogP contribution in [0.4, 0.5) is 5.69 Å². The molecule has 0 aliphatic rings. The van der Waals surface area contributed by atoms with Gasteiger partial charge in [0.1, 0.15) is 0 Å². The van der Waals surface area contributed by atoms with Crippen molar-refractivity contribution in [1.29, 1.82) is 0 Å². The summed E-state index contributed by atoms with van der Waals surface area (Å²) in [7, 11) is 0.